The minimum atomic E-state index is -0.0422. The van der Waals surface area contributed by atoms with E-state index in [-0.39, 0.29) is 18.3 Å². The third kappa shape index (κ3) is 6.51. The van der Waals surface area contributed by atoms with Crippen molar-refractivity contribution in [1.29, 1.82) is 0 Å². The zero-order chi connectivity index (χ0) is 16.5. The molecule has 24 heavy (non-hydrogen) atoms. The van der Waals surface area contributed by atoms with Crippen molar-refractivity contribution in [2.24, 2.45) is 0 Å². The number of nitrogens with one attached hydrogen (secondary N) is 2. The maximum atomic E-state index is 12.0. The Morgan fingerprint density at radius 2 is 1.79 bits per heavy atom. The summed E-state index contributed by atoms with van der Waals surface area (Å²) in [7, 11) is 1.90. The largest absolute Gasteiger partial charge is 0.488 e. The Kier molecular flexibility index (Phi) is 9.45. The number of para-hydroxylation sites is 1. The monoisotopic (exact) mass is 412 g/mol. The van der Waals surface area contributed by atoms with Gasteiger partial charge >= 0.3 is 0 Å². The van der Waals surface area contributed by atoms with Crippen LogP contribution in [0.3, 0.4) is 0 Å². The Bertz CT molecular complexity index is 635. The molecule has 0 aliphatic heterocycles. The van der Waals surface area contributed by atoms with Crippen LogP contribution >= 0.6 is 28.3 Å². The van der Waals surface area contributed by atoms with Crippen LogP contribution in [0.4, 0.5) is 0 Å². The Labute approximate surface area is 157 Å². The van der Waals surface area contributed by atoms with Crippen LogP contribution in [0, 0.1) is 0 Å². The molecule has 2 aromatic carbocycles. The number of halogens is 2. The molecule has 1 amide bonds. The summed E-state index contributed by atoms with van der Waals surface area (Å²) in [6, 6.07) is 15.2. The summed E-state index contributed by atoms with van der Waals surface area (Å²) in [5.74, 6) is 0.762. The van der Waals surface area contributed by atoms with E-state index in [2.05, 4.69) is 26.6 Å². The van der Waals surface area contributed by atoms with Crippen molar-refractivity contribution in [1.82, 2.24) is 10.6 Å². The second-order valence-corrected chi connectivity index (χ2v) is 5.98. The highest BCUT2D eigenvalue weighted by Crippen LogP contribution is 2.24. The van der Waals surface area contributed by atoms with Crippen LogP contribution < -0.4 is 15.4 Å². The predicted molar refractivity (Wildman–Crippen MR) is 103 cm³/mol. The van der Waals surface area contributed by atoms with Crippen LogP contribution in [-0.2, 0) is 6.61 Å². The lowest BCUT2D eigenvalue weighted by molar-refractivity contribution is 0.0953. The molecule has 2 N–H and O–H groups in total. The van der Waals surface area contributed by atoms with Crippen molar-refractivity contribution in [3.63, 3.8) is 0 Å². The first kappa shape index (κ1) is 20.5. The molecule has 0 bridgehead atoms. The van der Waals surface area contributed by atoms with Gasteiger partial charge < -0.3 is 15.4 Å². The molecule has 0 aliphatic rings. The molecule has 2 rings (SSSR count). The molecular weight excluding hydrogens is 392 g/mol. The molecular formula is C18H22BrClN2O2. The van der Waals surface area contributed by atoms with Gasteiger partial charge in [0.1, 0.15) is 12.4 Å². The Morgan fingerprint density at radius 1 is 1.08 bits per heavy atom. The number of hydrogen-bond acceptors (Lipinski definition) is 3. The summed E-state index contributed by atoms with van der Waals surface area (Å²) in [4.78, 5) is 12.0. The van der Waals surface area contributed by atoms with Gasteiger partial charge in [0.2, 0.25) is 0 Å². The minimum absolute atomic E-state index is 0. The fourth-order valence-electron chi connectivity index (χ4n) is 2.04. The van der Waals surface area contributed by atoms with E-state index >= 15 is 0 Å². The number of rotatable bonds is 8. The van der Waals surface area contributed by atoms with Crippen LogP contribution in [-0.4, -0.2) is 26.0 Å². The molecule has 0 spiro atoms. The fourth-order valence-corrected chi connectivity index (χ4v) is 2.44. The maximum absolute atomic E-state index is 12.0. The van der Waals surface area contributed by atoms with Gasteiger partial charge in [-0.3, -0.25) is 4.79 Å². The summed E-state index contributed by atoms with van der Waals surface area (Å²) in [6.07, 6.45) is 0.917. The molecule has 0 radical (unpaired) electrons. The third-order valence-corrected chi connectivity index (χ3v) is 3.99. The summed E-state index contributed by atoms with van der Waals surface area (Å²) in [5.41, 5.74) is 1.69. The van der Waals surface area contributed by atoms with Crippen molar-refractivity contribution >= 4 is 34.2 Å². The smallest absolute Gasteiger partial charge is 0.251 e. The average Bonchev–Trinajstić information content (AvgIpc) is 2.58. The lowest BCUT2D eigenvalue weighted by Crippen LogP contribution is -2.26. The molecule has 0 aromatic heterocycles. The standard InChI is InChI=1S/C18H21BrN2O2.ClH/c1-20-11-4-12-21-18(22)15-9-7-14(8-10-15)13-23-17-6-3-2-5-16(17)19;/h2-3,5-10,20H,4,11-13H2,1H3,(H,21,22);1H. The third-order valence-electron chi connectivity index (χ3n) is 3.34. The highest BCUT2D eigenvalue weighted by atomic mass is 79.9. The molecule has 6 heteroatoms. The molecule has 0 heterocycles. The van der Waals surface area contributed by atoms with E-state index in [9.17, 15) is 4.79 Å². The van der Waals surface area contributed by atoms with Gasteiger partial charge in [-0.1, -0.05) is 24.3 Å². The van der Waals surface area contributed by atoms with E-state index in [1.165, 1.54) is 0 Å². The molecule has 2 aromatic rings. The number of benzene rings is 2. The predicted octanol–water partition coefficient (Wildman–Crippen LogP) is 3.79. The number of hydrogen-bond donors (Lipinski definition) is 2. The van der Waals surface area contributed by atoms with Crippen molar-refractivity contribution in [3.05, 3.63) is 64.1 Å². The first-order valence-electron chi connectivity index (χ1n) is 7.60. The lowest BCUT2D eigenvalue weighted by Gasteiger charge is -2.09. The Morgan fingerprint density at radius 3 is 2.46 bits per heavy atom. The summed E-state index contributed by atoms with van der Waals surface area (Å²) in [6.45, 7) is 2.03. The van der Waals surface area contributed by atoms with Crippen LogP contribution in [0.2, 0.25) is 0 Å². The molecule has 0 atom stereocenters. The normalized spacial score (nSPS) is 9.92. The number of ether oxygens (including phenoxy) is 1. The highest BCUT2D eigenvalue weighted by molar-refractivity contribution is 9.10. The Balaban J connectivity index is 0.00000288. The summed E-state index contributed by atoms with van der Waals surface area (Å²) >= 11 is 3.45. The van der Waals surface area contributed by atoms with Crippen LogP contribution in [0.15, 0.2) is 53.0 Å². The van der Waals surface area contributed by atoms with Crippen LogP contribution in [0.1, 0.15) is 22.3 Å². The van der Waals surface area contributed by atoms with Gasteiger partial charge in [0.15, 0.2) is 0 Å². The van der Waals surface area contributed by atoms with Crippen molar-refractivity contribution < 1.29 is 9.53 Å². The van der Waals surface area contributed by atoms with Gasteiger partial charge in [0, 0.05) is 12.1 Å². The summed E-state index contributed by atoms with van der Waals surface area (Å²) < 4.78 is 6.69. The van der Waals surface area contributed by atoms with Gasteiger partial charge in [-0.15, -0.1) is 12.4 Å². The van der Waals surface area contributed by atoms with Crippen LogP contribution in [0.25, 0.3) is 0 Å². The number of carbonyl (C=O) groups is 1. The first-order valence-corrected chi connectivity index (χ1v) is 8.39. The van der Waals surface area contributed by atoms with Crippen molar-refractivity contribution in [2.45, 2.75) is 13.0 Å². The van der Waals surface area contributed by atoms with Gasteiger partial charge in [-0.05, 0) is 65.8 Å². The van der Waals surface area contributed by atoms with Crippen LogP contribution in [0.5, 0.6) is 5.75 Å². The number of amides is 1. The molecule has 0 saturated heterocycles. The minimum Gasteiger partial charge on any atom is -0.488 e. The van der Waals surface area contributed by atoms with E-state index in [0.717, 1.165) is 28.8 Å². The van der Waals surface area contributed by atoms with Crippen molar-refractivity contribution in [2.75, 3.05) is 20.1 Å². The second-order valence-electron chi connectivity index (χ2n) is 5.13. The molecule has 0 saturated carbocycles. The maximum Gasteiger partial charge on any atom is 0.251 e. The topological polar surface area (TPSA) is 50.4 Å². The van der Waals surface area contributed by atoms with E-state index in [1.807, 2.05) is 55.6 Å². The van der Waals surface area contributed by atoms with E-state index < -0.39 is 0 Å². The lowest BCUT2D eigenvalue weighted by atomic mass is 10.1. The van der Waals surface area contributed by atoms with E-state index in [1.54, 1.807) is 0 Å². The second kappa shape index (κ2) is 11.1. The van der Waals surface area contributed by atoms with Gasteiger partial charge in [-0.25, -0.2) is 0 Å². The number of carbonyl (C=O) groups excluding carboxylic acids is 1. The van der Waals surface area contributed by atoms with Gasteiger partial charge in [-0.2, -0.15) is 0 Å². The van der Waals surface area contributed by atoms with E-state index in [4.69, 9.17) is 4.74 Å². The molecule has 4 nitrogen and oxygen atoms in total. The molecule has 0 unspecified atom stereocenters. The van der Waals surface area contributed by atoms with E-state index in [0.29, 0.717) is 18.7 Å². The fraction of sp³-hybridized carbons (Fsp3) is 0.278. The van der Waals surface area contributed by atoms with Gasteiger partial charge in [0.25, 0.3) is 5.91 Å². The molecule has 0 fully saturated rings. The zero-order valence-corrected chi connectivity index (χ0v) is 16.0. The summed E-state index contributed by atoms with van der Waals surface area (Å²) in [5, 5.41) is 5.95. The van der Waals surface area contributed by atoms with Gasteiger partial charge in [0.05, 0.1) is 4.47 Å². The molecule has 0 aliphatic carbocycles. The molecule has 130 valence electrons. The SMILES string of the molecule is CNCCCNC(=O)c1ccc(COc2ccccc2Br)cc1.Cl. The first-order chi connectivity index (χ1) is 11.2. The zero-order valence-electron chi connectivity index (χ0n) is 13.5. The average molecular weight is 414 g/mol. The quantitative estimate of drug-likeness (QED) is 0.647. The van der Waals surface area contributed by atoms with Crippen molar-refractivity contribution in [3.8, 4) is 5.75 Å². The Hall–Kier alpha value is -1.56. The highest BCUT2D eigenvalue weighted by Gasteiger charge is 2.05.